The first-order valence-electron chi connectivity index (χ1n) is 5.08. The molecule has 0 heterocycles. The molecule has 1 rings (SSSR count). The van der Waals surface area contributed by atoms with Gasteiger partial charge < -0.3 is 4.74 Å². The maximum atomic E-state index is 11.8. The number of anilines is 1. The van der Waals surface area contributed by atoms with E-state index in [0.29, 0.717) is 5.69 Å². The van der Waals surface area contributed by atoms with Crippen LogP contribution in [0.2, 0.25) is 0 Å². The number of amides is 1. The summed E-state index contributed by atoms with van der Waals surface area (Å²) in [6, 6.07) is 9.46. The van der Waals surface area contributed by atoms with Gasteiger partial charge in [-0.1, -0.05) is 28.4 Å². The fraction of sp³-hybridized carbons (Fsp3) is 0.308. The number of rotatable bonds is 1. The molecule has 0 aliphatic carbocycles. The molecule has 0 aliphatic heterocycles. The summed E-state index contributed by atoms with van der Waals surface area (Å²) in [5, 5.41) is 0. The lowest BCUT2D eigenvalue weighted by Crippen LogP contribution is -2.33. The van der Waals surface area contributed by atoms with Crippen molar-refractivity contribution in [3.63, 3.8) is 0 Å². The normalized spacial score (nSPS) is 10.5. The zero-order valence-corrected chi connectivity index (χ0v) is 11.6. The minimum Gasteiger partial charge on any atom is -0.443 e. The van der Waals surface area contributed by atoms with Gasteiger partial charge in [0, 0.05) is 10.5 Å². The molecule has 3 nitrogen and oxygen atoms in total. The Labute approximate surface area is 110 Å². The summed E-state index contributed by atoms with van der Waals surface area (Å²) in [6.45, 7) is 5.38. The van der Waals surface area contributed by atoms with Gasteiger partial charge >= 0.3 is 6.09 Å². The second-order valence-corrected chi connectivity index (χ2v) is 5.34. The van der Waals surface area contributed by atoms with Crippen molar-refractivity contribution < 1.29 is 9.53 Å². The van der Waals surface area contributed by atoms with Gasteiger partial charge in [0.05, 0.1) is 5.69 Å². The number of carbonyl (C=O) groups is 1. The number of carbonyl (C=O) groups excluding carboxylic acids is 1. The second-order valence-electron chi connectivity index (χ2n) is 4.42. The van der Waals surface area contributed by atoms with E-state index in [1.165, 1.54) is 0 Å². The zero-order chi connectivity index (χ0) is 13.1. The van der Waals surface area contributed by atoms with Gasteiger partial charge in [-0.05, 0) is 39.0 Å². The molecule has 0 saturated heterocycles. The average molecular weight is 296 g/mol. The molecule has 0 spiro atoms. The highest BCUT2D eigenvalue weighted by Gasteiger charge is 2.22. The van der Waals surface area contributed by atoms with Crippen LogP contribution in [0.5, 0.6) is 0 Å². The van der Waals surface area contributed by atoms with Crippen molar-refractivity contribution in [2.75, 3.05) is 4.90 Å². The van der Waals surface area contributed by atoms with E-state index in [2.05, 4.69) is 22.0 Å². The van der Waals surface area contributed by atoms with Crippen molar-refractivity contribution in [1.29, 1.82) is 0 Å². The van der Waals surface area contributed by atoms with Gasteiger partial charge in [0.1, 0.15) is 5.60 Å². The van der Waals surface area contributed by atoms with Crippen molar-refractivity contribution in [3.8, 4) is 12.5 Å². The number of terminal acetylenes is 1. The smallest absolute Gasteiger partial charge is 0.426 e. The van der Waals surface area contributed by atoms with E-state index in [1.807, 2.05) is 6.07 Å². The molecule has 0 unspecified atom stereocenters. The Balaban J connectivity index is 2.94. The van der Waals surface area contributed by atoms with Crippen LogP contribution in [0.1, 0.15) is 20.8 Å². The van der Waals surface area contributed by atoms with Crippen LogP contribution in [-0.2, 0) is 4.74 Å². The van der Waals surface area contributed by atoms with E-state index in [9.17, 15) is 4.79 Å². The summed E-state index contributed by atoms with van der Waals surface area (Å²) in [5.41, 5.74) is 0.0224. The molecular weight excluding hydrogens is 282 g/mol. The van der Waals surface area contributed by atoms with Crippen LogP contribution in [0.15, 0.2) is 28.7 Å². The average Bonchev–Trinajstić information content (AvgIpc) is 2.15. The number of nitrogens with zero attached hydrogens (tertiary/aromatic N) is 1. The predicted molar refractivity (Wildman–Crippen MR) is 71.7 cm³/mol. The van der Waals surface area contributed by atoms with Crippen LogP contribution >= 0.6 is 15.9 Å². The molecule has 0 aromatic heterocycles. The highest BCUT2D eigenvalue weighted by Crippen LogP contribution is 2.21. The largest absolute Gasteiger partial charge is 0.443 e. The molecule has 0 bridgehead atoms. The molecule has 90 valence electrons. The lowest BCUT2D eigenvalue weighted by atomic mass is 10.2. The third-order valence-electron chi connectivity index (χ3n) is 1.77. The number of hydrogen-bond donors (Lipinski definition) is 0. The third kappa shape index (κ3) is 4.12. The van der Waals surface area contributed by atoms with E-state index in [1.54, 1.807) is 39.0 Å². The van der Waals surface area contributed by atoms with Crippen molar-refractivity contribution in [1.82, 2.24) is 0 Å². The molecule has 0 radical (unpaired) electrons. The molecular formula is C13H14BrNO2. The zero-order valence-electron chi connectivity index (χ0n) is 10.0. The molecule has 4 heteroatoms. The maximum absolute atomic E-state index is 11.8. The number of halogens is 1. The van der Waals surface area contributed by atoms with Gasteiger partial charge in [0.2, 0.25) is 0 Å². The first-order valence-corrected chi connectivity index (χ1v) is 5.88. The molecule has 0 saturated carbocycles. The molecule has 0 N–H and O–H groups in total. The van der Waals surface area contributed by atoms with Gasteiger partial charge in [-0.3, -0.25) is 0 Å². The second kappa shape index (κ2) is 5.24. The summed E-state index contributed by atoms with van der Waals surface area (Å²) in [6.07, 6.45) is 4.78. The van der Waals surface area contributed by atoms with Gasteiger partial charge in [-0.25, -0.2) is 9.69 Å². The van der Waals surface area contributed by atoms with Gasteiger partial charge in [-0.15, -0.1) is 0 Å². The fourth-order valence-electron chi connectivity index (χ4n) is 1.16. The third-order valence-corrected chi connectivity index (χ3v) is 2.26. The molecule has 0 aliphatic rings. The Hall–Kier alpha value is -1.47. The Morgan fingerprint density at radius 2 is 2.12 bits per heavy atom. The number of hydrogen-bond acceptors (Lipinski definition) is 2. The van der Waals surface area contributed by atoms with E-state index < -0.39 is 11.7 Å². The van der Waals surface area contributed by atoms with Crippen molar-refractivity contribution in [3.05, 3.63) is 28.7 Å². The fourth-order valence-corrected chi connectivity index (χ4v) is 1.54. The van der Waals surface area contributed by atoms with Crippen LogP contribution in [-0.4, -0.2) is 11.7 Å². The number of ether oxygens (including phenoxy) is 1. The summed E-state index contributed by atoms with van der Waals surface area (Å²) in [7, 11) is 0. The summed E-state index contributed by atoms with van der Waals surface area (Å²) in [5.74, 6) is 0. The minimum atomic E-state index is -0.571. The first-order chi connectivity index (χ1) is 7.83. The summed E-state index contributed by atoms with van der Waals surface area (Å²) in [4.78, 5) is 13.0. The Morgan fingerprint density at radius 1 is 1.47 bits per heavy atom. The lowest BCUT2D eigenvalue weighted by Gasteiger charge is -2.23. The minimum absolute atomic E-state index is 0.557. The van der Waals surface area contributed by atoms with Crippen LogP contribution in [0.3, 0.4) is 0 Å². The quantitative estimate of drug-likeness (QED) is 0.583. The van der Waals surface area contributed by atoms with Crippen LogP contribution in [0, 0.1) is 12.5 Å². The summed E-state index contributed by atoms with van der Waals surface area (Å²) >= 11 is 3.32. The SMILES string of the molecule is C#CN(C(=O)OC(C)(C)C)c1cccc(Br)c1. The van der Waals surface area contributed by atoms with E-state index >= 15 is 0 Å². The Bertz CT molecular complexity index is 457. The molecule has 1 aromatic carbocycles. The molecule has 1 amide bonds. The topological polar surface area (TPSA) is 29.5 Å². The monoisotopic (exact) mass is 295 g/mol. The molecule has 0 atom stereocenters. The highest BCUT2D eigenvalue weighted by molar-refractivity contribution is 9.10. The Morgan fingerprint density at radius 3 is 2.59 bits per heavy atom. The van der Waals surface area contributed by atoms with Crippen LogP contribution in [0.4, 0.5) is 10.5 Å². The van der Waals surface area contributed by atoms with E-state index in [-0.39, 0.29) is 0 Å². The van der Waals surface area contributed by atoms with Crippen LogP contribution < -0.4 is 4.90 Å². The van der Waals surface area contributed by atoms with Crippen molar-refractivity contribution in [2.24, 2.45) is 0 Å². The lowest BCUT2D eigenvalue weighted by molar-refractivity contribution is 0.0600. The number of benzene rings is 1. The summed E-state index contributed by atoms with van der Waals surface area (Å²) < 4.78 is 6.06. The highest BCUT2D eigenvalue weighted by atomic mass is 79.9. The van der Waals surface area contributed by atoms with E-state index in [0.717, 1.165) is 9.37 Å². The maximum Gasteiger partial charge on any atom is 0.426 e. The first kappa shape index (κ1) is 13.6. The van der Waals surface area contributed by atoms with Gasteiger partial charge in [0.25, 0.3) is 0 Å². The van der Waals surface area contributed by atoms with Crippen molar-refractivity contribution >= 4 is 27.7 Å². The van der Waals surface area contributed by atoms with Gasteiger partial charge in [-0.2, -0.15) is 0 Å². The van der Waals surface area contributed by atoms with Gasteiger partial charge in [0.15, 0.2) is 0 Å². The predicted octanol–water partition coefficient (Wildman–Crippen LogP) is 3.78. The molecule has 0 fully saturated rings. The molecule has 1 aromatic rings. The van der Waals surface area contributed by atoms with E-state index in [4.69, 9.17) is 11.2 Å². The van der Waals surface area contributed by atoms with Crippen LogP contribution in [0.25, 0.3) is 0 Å². The standard InChI is InChI=1S/C13H14BrNO2/c1-5-15(12(16)17-13(2,3)4)11-8-6-7-10(14)9-11/h1,6-9H,2-4H3. The van der Waals surface area contributed by atoms with Crippen molar-refractivity contribution in [2.45, 2.75) is 26.4 Å². The Kier molecular flexibility index (Phi) is 4.19. The molecule has 17 heavy (non-hydrogen) atoms.